The van der Waals surface area contributed by atoms with Gasteiger partial charge in [0.25, 0.3) is 0 Å². The second kappa shape index (κ2) is 7.44. The van der Waals surface area contributed by atoms with E-state index < -0.39 is 11.6 Å². The van der Waals surface area contributed by atoms with Crippen LogP contribution in [0.4, 0.5) is 8.78 Å². The molecule has 0 bridgehead atoms. The van der Waals surface area contributed by atoms with E-state index in [1.54, 1.807) is 0 Å². The van der Waals surface area contributed by atoms with Gasteiger partial charge in [-0.2, -0.15) is 0 Å². The molecule has 102 valence electrons. The molecule has 0 saturated heterocycles. The van der Waals surface area contributed by atoms with Crippen LogP contribution < -0.4 is 5.32 Å². The number of hydrogen-bond acceptors (Lipinski definition) is 2. The molecular formula is C14H22F2N2. The highest BCUT2D eigenvalue weighted by molar-refractivity contribution is 5.19. The Labute approximate surface area is 108 Å². The molecule has 1 aromatic carbocycles. The van der Waals surface area contributed by atoms with Gasteiger partial charge in [0.2, 0.25) is 0 Å². The van der Waals surface area contributed by atoms with Gasteiger partial charge in [0.15, 0.2) is 0 Å². The summed E-state index contributed by atoms with van der Waals surface area (Å²) in [6, 6.07) is 4.15. The molecule has 1 atom stereocenters. The van der Waals surface area contributed by atoms with Crippen LogP contribution in [0.3, 0.4) is 0 Å². The number of hydrogen-bond donors (Lipinski definition) is 1. The zero-order chi connectivity index (χ0) is 13.5. The molecule has 0 aliphatic carbocycles. The Kier molecular flexibility index (Phi) is 6.22. The van der Waals surface area contributed by atoms with Crippen LogP contribution in [-0.4, -0.2) is 30.6 Å². The minimum absolute atomic E-state index is 0.115. The fourth-order valence-electron chi connectivity index (χ4n) is 1.91. The summed E-state index contributed by atoms with van der Waals surface area (Å²) in [6.07, 6.45) is 0. The molecule has 0 aliphatic rings. The van der Waals surface area contributed by atoms with Crippen LogP contribution >= 0.6 is 0 Å². The molecule has 0 aromatic heterocycles. The molecule has 0 aliphatic heterocycles. The van der Waals surface area contributed by atoms with Crippen LogP contribution in [0.5, 0.6) is 0 Å². The molecular weight excluding hydrogens is 234 g/mol. The standard InChI is InChI=1S/C14H22F2N2/c1-4-18(5-2)10-11(3)17-9-12-13(15)7-6-8-14(12)16/h6-8,11,17H,4-5,9-10H2,1-3H3. The predicted molar refractivity (Wildman–Crippen MR) is 70.4 cm³/mol. The summed E-state index contributed by atoms with van der Waals surface area (Å²) >= 11 is 0. The second-order valence-electron chi connectivity index (χ2n) is 4.47. The Hall–Kier alpha value is -1.00. The van der Waals surface area contributed by atoms with E-state index in [4.69, 9.17) is 0 Å². The molecule has 2 nitrogen and oxygen atoms in total. The number of nitrogens with zero attached hydrogens (tertiary/aromatic N) is 1. The fraction of sp³-hybridized carbons (Fsp3) is 0.571. The first kappa shape index (κ1) is 15.1. The average Bonchev–Trinajstić information content (AvgIpc) is 2.35. The highest BCUT2D eigenvalue weighted by atomic mass is 19.1. The van der Waals surface area contributed by atoms with Gasteiger partial charge in [-0.05, 0) is 32.1 Å². The first-order valence-electron chi connectivity index (χ1n) is 6.47. The van der Waals surface area contributed by atoms with Crippen molar-refractivity contribution in [3.63, 3.8) is 0 Å². The Morgan fingerprint density at radius 1 is 1.17 bits per heavy atom. The Bertz CT molecular complexity index is 345. The van der Waals surface area contributed by atoms with Crippen molar-refractivity contribution >= 4 is 0 Å². The quantitative estimate of drug-likeness (QED) is 0.807. The number of likely N-dealkylation sites (N-methyl/N-ethyl adjacent to an activating group) is 1. The van der Waals surface area contributed by atoms with E-state index in [0.29, 0.717) is 0 Å². The molecule has 0 saturated carbocycles. The Morgan fingerprint density at radius 2 is 1.72 bits per heavy atom. The van der Waals surface area contributed by atoms with Gasteiger partial charge in [0.1, 0.15) is 11.6 Å². The second-order valence-corrected chi connectivity index (χ2v) is 4.47. The molecule has 1 N–H and O–H groups in total. The third kappa shape index (κ3) is 4.35. The minimum atomic E-state index is -0.488. The SMILES string of the molecule is CCN(CC)CC(C)NCc1c(F)cccc1F. The van der Waals surface area contributed by atoms with Crippen LogP contribution in [0.1, 0.15) is 26.3 Å². The highest BCUT2D eigenvalue weighted by Gasteiger charge is 2.11. The Morgan fingerprint density at radius 3 is 2.22 bits per heavy atom. The summed E-state index contributed by atoms with van der Waals surface area (Å²) < 4.78 is 26.8. The van der Waals surface area contributed by atoms with Crippen molar-refractivity contribution in [2.45, 2.75) is 33.4 Å². The lowest BCUT2D eigenvalue weighted by Crippen LogP contribution is -2.39. The van der Waals surface area contributed by atoms with Crippen LogP contribution in [0.2, 0.25) is 0 Å². The smallest absolute Gasteiger partial charge is 0.130 e. The zero-order valence-electron chi connectivity index (χ0n) is 11.3. The van der Waals surface area contributed by atoms with E-state index in [-0.39, 0.29) is 18.2 Å². The van der Waals surface area contributed by atoms with Crippen molar-refractivity contribution in [1.82, 2.24) is 10.2 Å². The summed E-state index contributed by atoms with van der Waals surface area (Å²) in [7, 11) is 0. The summed E-state index contributed by atoms with van der Waals surface area (Å²) in [5.41, 5.74) is 0.115. The summed E-state index contributed by atoms with van der Waals surface area (Å²) in [5.74, 6) is -0.977. The van der Waals surface area contributed by atoms with Crippen molar-refractivity contribution in [2.75, 3.05) is 19.6 Å². The van der Waals surface area contributed by atoms with Gasteiger partial charge >= 0.3 is 0 Å². The lowest BCUT2D eigenvalue weighted by Gasteiger charge is -2.23. The minimum Gasteiger partial charge on any atom is -0.309 e. The third-order valence-electron chi connectivity index (χ3n) is 3.12. The molecule has 0 spiro atoms. The lowest BCUT2D eigenvalue weighted by atomic mass is 10.2. The summed E-state index contributed by atoms with van der Waals surface area (Å²) in [6.45, 7) is 9.30. The summed E-state index contributed by atoms with van der Waals surface area (Å²) in [4.78, 5) is 2.27. The average molecular weight is 256 g/mol. The first-order valence-corrected chi connectivity index (χ1v) is 6.47. The molecule has 4 heteroatoms. The van der Waals surface area contributed by atoms with E-state index in [1.807, 2.05) is 6.92 Å². The van der Waals surface area contributed by atoms with Crippen LogP contribution in [0.15, 0.2) is 18.2 Å². The van der Waals surface area contributed by atoms with Gasteiger partial charge in [0, 0.05) is 24.7 Å². The van der Waals surface area contributed by atoms with Gasteiger partial charge in [0.05, 0.1) is 0 Å². The van der Waals surface area contributed by atoms with Crippen molar-refractivity contribution in [2.24, 2.45) is 0 Å². The Balaban J connectivity index is 2.49. The van der Waals surface area contributed by atoms with Crippen molar-refractivity contribution in [1.29, 1.82) is 0 Å². The van der Waals surface area contributed by atoms with Crippen molar-refractivity contribution < 1.29 is 8.78 Å². The van der Waals surface area contributed by atoms with E-state index in [2.05, 4.69) is 24.1 Å². The van der Waals surface area contributed by atoms with E-state index in [0.717, 1.165) is 19.6 Å². The molecule has 0 radical (unpaired) electrons. The van der Waals surface area contributed by atoms with Gasteiger partial charge in [-0.25, -0.2) is 8.78 Å². The largest absolute Gasteiger partial charge is 0.309 e. The number of benzene rings is 1. The molecule has 18 heavy (non-hydrogen) atoms. The van der Waals surface area contributed by atoms with E-state index in [9.17, 15) is 8.78 Å². The molecule has 0 heterocycles. The maximum Gasteiger partial charge on any atom is 0.130 e. The van der Waals surface area contributed by atoms with Crippen LogP contribution in [-0.2, 0) is 6.54 Å². The van der Waals surface area contributed by atoms with E-state index >= 15 is 0 Å². The number of nitrogens with one attached hydrogen (secondary N) is 1. The zero-order valence-corrected chi connectivity index (χ0v) is 11.3. The topological polar surface area (TPSA) is 15.3 Å². The monoisotopic (exact) mass is 256 g/mol. The number of halogens is 2. The third-order valence-corrected chi connectivity index (χ3v) is 3.12. The first-order chi connectivity index (χ1) is 8.58. The van der Waals surface area contributed by atoms with Gasteiger partial charge in [-0.3, -0.25) is 0 Å². The van der Waals surface area contributed by atoms with Crippen molar-refractivity contribution in [3.05, 3.63) is 35.4 Å². The predicted octanol–water partition coefficient (Wildman–Crippen LogP) is 2.78. The molecule has 1 aromatic rings. The molecule has 1 unspecified atom stereocenters. The van der Waals surface area contributed by atoms with Gasteiger partial charge in [-0.1, -0.05) is 19.9 Å². The maximum atomic E-state index is 13.4. The van der Waals surface area contributed by atoms with Crippen LogP contribution in [0.25, 0.3) is 0 Å². The molecule has 0 amide bonds. The summed E-state index contributed by atoms with van der Waals surface area (Å²) in [5, 5.41) is 3.16. The number of rotatable bonds is 7. The fourth-order valence-corrected chi connectivity index (χ4v) is 1.91. The van der Waals surface area contributed by atoms with Crippen LogP contribution in [0, 0.1) is 11.6 Å². The van der Waals surface area contributed by atoms with Gasteiger partial charge < -0.3 is 10.2 Å². The van der Waals surface area contributed by atoms with Gasteiger partial charge in [-0.15, -0.1) is 0 Å². The van der Waals surface area contributed by atoms with Crippen molar-refractivity contribution in [3.8, 4) is 0 Å². The highest BCUT2D eigenvalue weighted by Crippen LogP contribution is 2.11. The lowest BCUT2D eigenvalue weighted by molar-refractivity contribution is 0.270. The maximum absolute atomic E-state index is 13.4. The van der Waals surface area contributed by atoms with E-state index in [1.165, 1.54) is 18.2 Å². The normalized spacial score (nSPS) is 13.0. The molecule has 1 rings (SSSR count). The molecule has 0 fully saturated rings.